The van der Waals surface area contributed by atoms with Gasteiger partial charge >= 0.3 is 5.97 Å². The van der Waals surface area contributed by atoms with Gasteiger partial charge in [0, 0.05) is 95.6 Å². The Hall–Kier alpha value is -12.9. The van der Waals surface area contributed by atoms with E-state index in [1.807, 2.05) is 6.92 Å². The van der Waals surface area contributed by atoms with E-state index in [-0.39, 0.29) is 82.2 Å². The number of nitrogens with two attached hydrogens (primary N) is 2. The largest absolute Gasteiger partial charge is 0.508 e. The first kappa shape index (κ1) is 102. The van der Waals surface area contributed by atoms with Crippen molar-refractivity contribution in [2.45, 2.75) is 209 Å². The molecule has 39 heteroatoms. The molecule has 0 aliphatic carbocycles. The first-order chi connectivity index (χ1) is 62.3. The number of H-pyrrole nitrogens is 1. The van der Waals surface area contributed by atoms with Gasteiger partial charge in [0.05, 0.1) is 24.8 Å². The number of unbranched alkanes of at least 4 members (excludes halogenated alkanes) is 1. The number of carbonyl (C=O) groups is 16. The van der Waals surface area contributed by atoms with Crippen LogP contribution in [0.25, 0.3) is 10.9 Å². The van der Waals surface area contributed by atoms with Crippen molar-refractivity contribution in [3.8, 4) is 5.75 Å². The standard InChI is InChI=1S/C92H119F2N17O19S/c1-9-10-26-72-91(129)110-36-19-27-71(110)85(123)104-68(45-78(116)117)84(122)106-79(52(4)5)92(130)108(7)73(41-53-20-13-11-14-21-53)86(124)100-64(34-35-95)89(127)111-48-59(113)44-74(111)87(125)103-67(43-57-46-97-63-25-18-17-24-60(57)63)83(121)102-66(39-55-28-31-58(112)32-29-55)82(120)101-65(37-51(2)3)81(119)105-70(80(118)98-47-76(96)114)49-131-50-77(115)99-69(40-56-30-33-61(93)62(94)38-56)88(126)109(8)75(90(128)107(72)6)42-54-22-15-12-16-23-54/h11-18,20-25,28-33,38,46,51-52,59,64-75,79,97,112-113H,9-10,19,26-27,34-37,39-45,47-50,95H2,1-8H3,(H2,96,114)(H,98,118)(H,99,115)(H,100,124)(H,101,120)(H,102,121)(H,103,125)(H,104,123)(H,105,119)(H,106,122)(H,116,117)/t59-,64+,65+,66+,67+,68+,69+,70+,71-,72+,73-,74-,75+,79+/m1/s1. The van der Waals surface area contributed by atoms with Gasteiger partial charge in [0.1, 0.15) is 84.3 Å². The number of nitrogens with zero attached hydrogens (tertiary/aromatic N) is 5. The van der Waals surface area contributed by atoms with Crippen molar-refractivity contribution in [3.05, 3.63) is 173 Å². The topological polar surface area (TPSA) is 526 Å². The van der Waals surface area contributed by atoms with Crippen molar-refractivity contribution >= 4 is 117 Å². The van der Waals surface area contributed by atoms with Gasteiger partial charge in [-0.3, -0.25) is 76.7 Å². The number of primary amides is 1. The third-order valence-corrected chi connectivity index (χ3v) is 24.5. The van der Waals surface area contributed by atoms with Crippen molar-refractivity contribution in [1.29, 1.82) is 0 Å². The number of rotatable bonds is 23. The summed E-state index contributed by atoms with van der Waals surface area (Å²) in [5.41, 5.74) is 14.1. The maximum Gasteiger partial charge on any atom is 0.305 e. The molecule has 0 saturated carbocycles. The summed E-state index contributed by atoms with van der Waals surface area (Å²) in [7, 11) is 3.86. The number of fused-ring (bicyclic) bond motifs is 3. The molecule has 0 spiro atoms. The van der Waals surface area contributed by atoms with E-state index >= 15 is 47.5 Å². The fraction of sp³-hybridized carbons (Fsp3) is 0.478. The first-order valence-corrected chi connectivity index (χ1v) is 44.9. The maximum absolute atomic E-state index is 15.7. The van der Waals surface area contributed by atoms with Crippen LogP contribution < -0.4 is 59.3 Å². The second-order valence-corrected chi connectivity index (χ2v) is 35.1. The summed E-state index contributed by atoms with van der Waals surface area (Å²) in [6, 6.07) is 11.4. The minimum Gasteiger partial charge on any atom is -0.508 e. The summed E-state index contributed by atoms with van der Waals surface area (Å²) in [6.07, 6.45) is -2.35. The van der Waals surface area contributed by atoms with Gasteiger partial charge in [0.2, 0.25) is 88.6 Å². The zero-order chi connectivity index (χ0) is 95.6. The second-order valence-electron chi connectivity index (χ2n) is 34.1. The van der Waals surface area contributed by atoms with Crippen molar-refractivity contribution in [2.24, 2.45) is 23.3 Å². The Morgan fingerprint density at radius 2 is 1.11 bits per heavy atom. The molecule has 3 aliphatic rings. The number of carboxylic acid groups (broad SMARTS) is 1. The molecule has 36 nitrogen and oxygen atoms in total. The third kappa shape index (κ3) is 28.3. The van der Waals surface area contributed by atoms with Gasteiger partial charge in [0.25, 0.3) is 0 Å². The van der Waals surface area contributed by atoms with Crippen LogP contribution in [0.15, 0.2) is 134 Å². The number of carbonyl (C=O) groups excluding carboxylic acids is 15. The molecule has 0 bridgehead atoms. The van der Waals surface area contributed by atoms with E-state index < -0.39 is 247 Å². The van der Waals surface area contributed by atoms with E-state index in [1.165, 1.54) is 56.4 Å². The number of carboxylic acids is 1. The Labute approximate surface area is 761 Å². The Kier molecular flexibility index (Phi) is 37.4. The number of hydrogen-bond acceptors (Lipinski definition) is 20. The normalized spacial score (nSPS) is 24.4. The number of hydrogen-bond donors (Lipinski definition) is 15. The van der Waals surface area contributed by atoms with Crippen LogP contribution in [0.5, 0.6) is 5.75 Å². The lowest BCUT2D eigenvalue weighted by molar-refractivity contribution is -0.152. The summed E-state index contributed by atoms with van der Waals surface area (Å²) in [4.78, 5) is 246. The minimum atomic E-state index is -1.93. The molecule has 706 valence electrons. The van der Waals surface area contributed by atoms with Crippen LogP contribution >= 0.6 is 11.8 Å². The second kappa shape index (κ2) is 48.1. The summed E-state index contributed by atoms with van der Waals surface area (Å²) in [5, 5.41) is 56.5. The van der Waals surface area contributed by atoms with Gasteiger partial charge in [-0.2, -0.15) is 0 Å². The van der Waals surface area contributed by atoms with E-state index in [1.54, 1.807) is 119 Å². The van der Waals surface area contributed by atoms with E-state index in [0.29, 0.717) is 46.0 Å². The van der Waals surface area contributed by atoms with Crippen molar-refractivity contribution in [1.82, 2.24) is 77.3 Å². The van der Waals surface area contributed by atoms with Crippen LogP contribution in [-0.2, 0) is 109 Å². The molecule has 15 amide bonds. The Bertz CT molecular complexity index is 5070. The number of thioether (sulfide) groups is 1. The van der Waals surface area contributed by atoms with Crippen LogP contribution in [0.2, 0.25) is 0 Å². The zero-order valence-corrected chi connectivity index (χ0v) is 75.3. The summed E-state index contributed by atoms with van der Waals surface area (Å²) in [5.74, 6) is -21.0. The van der Waals surface area contributed by atoms with Crippen LogP contribution in [0, 0.1) is 23.5 Å². The Morgan fingerprint density at radius 1 is 0.550 bits per heavy atom. The number of para-hydroxylation sites is 1. The number of phenols is 1. The molecule has 17 N–H and O–H groups in total. The van der Waals surface area contributed by atoms with E-state index in [9.17, 15) is 53.3 Å². The van der Waals surface area contributed by atoms with E-state index in [4.69, 9.17) is 11.5 Å². The first-order valence-electron chi connectivity index (χ1n) is 43.8. The van der Waals surface area contributed by atoms with Gasteiger partial charge in [-0.05, 0) is 109 Å². The molecule has 0 unspecified atom stereocenters. The predicted molar refractivity (Wildman–Crippen MR) is 479 cm³/mol. The number of benzene rings is 5. The average Bonchev–Trinajstić information content (AvgIpc) is 1.65. The number of aliphatic hydroxyl groups excluding tert-OH is 1. The molecular formula is C92H119F2N17O19S. The highest BCUT2D eigenvalue weighted by Gasteiger charge is 2.47. The molecule has 3 saturated heterocycles. The quantitative estimate of drug-likeness (QED) is 0.0426. The number of amides is 15. The molecule has 131 heavy (non-hydrogen) atoms. The van der Waals surface area contributed by atoms with Crippen molar-refractivity contribution in [3.63, 3.8) is 0 Å². The number of likely N-dealkylation sites (N-methyl/N-ethyl adjacent to an activating group) is 3. The number of aliphatic carboxylic acids is 1. The molecule has 5 aromatic carbocycles. The zero-order valence-electron chi connectivity index (χ0n) is 74.5. The lowest BCUT2D eigenvalue weighted by Gasteiger charge is -2.38. The molecule has 1 aromatic heterocycles. The number of aromatic hydroxyl groups is 1. The lowest BCUT2D eigenvalue weighted by atomic mass is 9.98. The van der Waals surface area contributed by atoms with Crippen LogP contribution in [0.3, 0.4) is 0 Å². The van der Waals surface area contributed by atoms with Crippen molar-refractivity contribution in [2.75, 3.05) is 58.8 Å². The van der Waals surface area contributed by atoms with E-state index in [2.05, 4.69) is 52.8 Å². The molecule has 6 aromatic rings. The molecule has 14 atom stereocenters. The minimum absolute atomic E-state index is 0.00447. The van der Waals surface area contributed by atoms with Crippen LogP contribution in [0.1, 0.15) is 120 Å². The maximum atomic E-state index is 15.7. The number of halogens is 2. The number of nitrogens with one attached hydrogen (secondary N) is 10. The van der Waals surface area contributed by atoms with Gasteiger partial charge < -0.3 is 104 Å². The highest BCUT2D eigenvalue weighted by molar-refractivity contribution is 8.00. The SMILES string of the molecule is CCCC[C@H]1C(=O)N2CCC[C@@H]2C(=O)N[C@@H](CC(=O)O)C(=O)N[C@@H](C(C)C)C(=O)N(C)[C@H](Cc2ccccc2)C(=O)N[C@@H](CCN)C(=O)N2C[C@H](O)C[C@@H]2C(=O)N[C@@H](Cc2c[nH]c3ccccc23)C(=O)N[C@@H](Cc2ccc(O)cc2)C(=O)N[C@@H](CC(C)C)C(=O)N[C@H](C(=O)NCC(N)=O)CSCC(=O)N[C@@H](Cc2ccc(F)c(F)c2)C(=O)N(C)[C@@H](Cc2ccccc2)C(=O)N1C. The third-order valence-electron chi connectivity index (χ3n) is 23.4. The number of aromatic nitrogens is 1. The van der Waals surface area contributed by atoms with Crippen molar-refractivity contribution < 1.29 is 101 Å². The predicted octanol–water partition coefficient (Wildman–Crippen LogP) is 1.04. The molecular weight excluding hydrogens is 1720 g/mol. The lowest BCUT2D eigenvalue weighted by Crippen LogP contribution is -2.62. The van der Waals surface area contributed by atoms with Gasteiger partial charge in [-0.1, -0.05) is 145 Å². The molecule has 3 fully saturated rings. The monoisotopic (exact) mass is 1840 g/mol. The molecule has 4 heterocycles. The van der Waals surface area contributed by atoms with Crippen LogP contribution in [-0.4, -0.2) is 283 Å². The number of aromatic amines is 1. The average molecular weight is 1840 g/mol. The Morgan fingerprint density at radius 3 is 1.73 bits per heavy atom. The van der Waals surface area contributed by atoms with Gasteiger partial charge in [-0.15, -0.1) is 11.8 Å². The summed E-state index contributed by atoms with van der Waals surface area (Å²) in [6.45, 7) is 6.79. The number of aliphatic hydroxyl groups is 1. The van der Waals surface area contributed by atoms with Gasteiger partial charge in [0.15, 0.2) is 11.6 Å². The van der Waals surface area contributed by atoms with E-state index in [0.717, 1.165) is 43.5 Å². The van der Waals surface area contributed by atoms with Gasteiger partial charge in [-0.25, -0.2) is 8.78 Å². The number of phenolic OH excluding ortho intramolecular Hbond substituents is 1. The highest BCUT2D eigenvalue weighted by Crippen LogP contribution is 2.28. The molecule has 0 radical (unpaired) electrons. The summed E-state index contributed by atoms with van der Waals surface area (Å²) >= 11 is 0.727. The molecule has 9 rings (SSSR count). The fourth-order valence-corrected chi connectivity index (χ4v) is 17.2. The molecule has 3 aliphatic heterocycles. The smallest absolute Gasteiger partial charge is 0.305 e. The Balaban J connectivity index is 1.13. The van der Waals surface area contributed by atoms with Crippen LogP contribution in [0.4, 0.5) is 8.78 Å². The highest BCUT2D eigenvalue weighted by atomic mass is 32.2. The summed E-state index contributed by atoms with van der Waals surface area (Å²) < 4.78 is 29.8. The fourth-order valence-electron chi connectivity index (χ4n) is 16.3.